The van der Waals surface area contributed by atoms with Gasteiger partial charge >= 0.3 is 0 Å². The number of fused-ring (bicyclic) bond motifs is 3. The molecule has 6 heteroatoms. The molecule has 0 atom stereocenters. The maximum atomic E-state index is 13.1. The van der Waals surface area contributed by atoms with Gasteiger partial charge in [0.05, 0.1) is 5.36 Å². The predicted octanol–water partition coefficient (Wildman–Crippen LogP) is 2.64. The molecule has 0 bridgehead atoms. The zero-order valence-corrected chi connectivity index (χ0v) is 16.6. The second-order valence-electron chi connectivity index (χ2n) is 7.61. The van der Waals surface area contributed by atoms with Crippen molar-refractivity contribution in [1.82, 2.24) is 10.3 Å². The third-order valence-corrected chi connectivity index (χ3v) is 6.56. The highest BCUT2D eigenvalue weighted by Crippen LogP contribution is 2.41. The number of thioether (sulfide) groups is 1. The van der Waals surface area contributed by atoms with Crippen molar-refractivity contribution in [1.29, 1.82) is 0 Å². The van der Waals surface area contributed by atoms with E-state index in [0.717, 1.165) is 42.0 Å². The van der Waals surface area contributed by atoms with Gasteiger partial charge in [0.1, 0.15) is 5.70 Å². The number of hydrazone groups is 1. The van der Waals surface area contributed by atoms with Gasteiger partial charge in [-0.25, -0.2) is 5.01 Å². The minimum atomic E-state index is -0.420. The van der Waals surface area contributed by atoms with Crippen molar-refractivity contribution in [3.8, 4) is 0 Å². The second kappa shape index (κ2) is 6.78. The summed E-state index contributed by atoms with van der Waals surface area (Å²) in [6.45, 7) is 2.08. The summed E-state index contributed by atoms with van der Waals surface area (Å²) < 4.78 is 0. The number of rotatable bonds is 2. The summed E-state index contributed by atoms with van der Waals surface area (Å²) in [4.78, 5) is 18.1. The van der Waals surface area contributed by atoms with Gasteiger partial charge in [-0.15, -0.1) is 5.10 Å². The molecule has 28 heavy (non-hydrogen) atoms. The van der Waals surface area contributed by atoms with Crippen LogP contribution in [0.15, 0.2) is 58.6 Å². The first-order valence-electron chi connectivity index (χ1n) is 9.72. The molecule has 2 heterocycles. The molecule has 2 aromatic rings. The van der Waals surface area contributed by atoms with Crippen molar-refractivity contribution < 1.29 is 4.79 Å². The van der Waals surface area contributed by atoms with Crippen LogP contribution < -0.4 is 15.9 Å². The SMILES string of the molecule is Cc1ccc(CSC2=NN3C(=c4ccccc4=NC34CCCC4)C(=O)N2)cc1. The van der Waals surface area contributed by atoms with E-state index in [0.29, 0.717) is 10.9 Å². The molecule has 1 fully saturated rings. The molecule has 1 N–H and O–H groups in total. The molecule has 0 aromatic heterocycles. The Morgan fingerprint density at radius 3 is 2.64 bits per heavy atom. The Hall–Kier alpha value is -2.60. The average molecular weight is 391 g/mol. The minimum absolute atomic E-state index is 0.0879. The Morgan fingerprint density at radius 2 is 1.86 bits per heavy atom. The summed E-state index contributed by atoms with van der Waals surface area (Å²) in [5.74, 6) is 0.679. The fourth-order valence-corrected chi connectivity index (χ4v) is 4.96. The number of amidine groups is 1. The maximum Gasteiger partial charge on any atom is 0.276 e. The van der Waals surface area contributed by atoms with E-state index >= 15 is 0 Å². The Morgan fingerprint density at radius 1 is 1.11 bits per heavy atom. The molecule has 0 saturated heterocycles. The van der Waals surface area contributed by atoms with Crippen LogP contribution in [0.4, 0.5) is 0 Å². The number of aryl methyl sites for hydroxylation is 1. The Balaban J connectivity index is 1.53. The largest absolute Gasteiger partial charge is 0.298 e. The van der Waals surface area contributed by atoms with E-state index in [9.17, 15) is 4.79 Å². The molecule has 5 rings (SSSR count). The lowest BCUT2D eigenvalue weighted by molar-refractivity contribution is -0.116. The minimum Gasteiger partial charge on any atom is -0.298 e. The van der Waals surface area contributed by atoms with Gasteiger partial charge in [0, 0.05) is 11.0 Å². The lowest BCUT2D eigenvalue weighted by Crippen LogP contribution is -2.57. The quantitative estimate of drug-likeness (QED) is 0.858. The Kier molecular flexibility index (Phi) is 4.23. The van der Waals surface area contributed by atoms with E-state index in [1.165, 1.54) is 11.1 Å². The van der Waals surface area contributed by atoms with Crippen LogP contribution in [0.2, 0.25) is 0 Å². The van der Waals surface area contributed by atoms with Crippen molar-refractivity contribution in [3.05, 3.63) is 70.2 Å². The van der Waals surface area contributed by atoms with Gasteiger partial charge in [-0.1, -0.05) is 59.8 Å². The predicted molar refractivity (Wildman–Crippen MR) is 112 cm³/mol. The standard InChI is InChI=1S/C22H22N4OS/c1-15-8-10-16(11-9-15)14-28-21-23-20(27)19-17-6-2-3-7-18(17)24-22(26(19)25-21)12-4-5-13-22/h2-3,6-11H,4-5,12-14H2,1H3,(H,23,25,27). The van der Waals surface area contributed by atoms with Gasteiger partial charge < -0.3 is 0 Å². The zero-order chi connectivity index (χ0) is 19.1. The first kappa shape index (κ1) is 17.5. The monoisotopic (exact) mass is 390 g/mol. The van der Waals surface area contributed by atoms with Crippen LogP contribution in [0.1, 0.15) is 36.8 Å². The molecule has 1 amide bonds. The molecule has 142 valence electrons. The number of amides is 1. The van der Waals surface area contributed by atoms with Gasteiger partial charge in [0.25, 0.3) is 5.91 Å². The number of nitrogens with one attached hydrogen (secondary N) is 1. The first-order valence-corrected chi connectivity index (χ1v) is 10.7. The summed E-state index contributed by atoms with van der Waals surface area (Å²) in [5.41, 5.74) is 2.67. The molecule has 2 aromatic carbocycles. The number of benzene rings is 2. The van der Waals surface area contributed by atoms with Gasteiger partial charge in [0.2, 0.25) is 0 Å². The van der Waals surface area contributed by atoms with Crippen LogP contribution in [0, 0.1) is 6.92 Å². The summed E-state index contributed by atoms with van der Waals surface area (Å²) in [5, 5.41) is 12.2. The molecule has 3 aliphatic rings. The first-order chi connectivity index (χ1) is 13.6. The van der Waals surface area contributed by atoms with Crippen molar-refractivity contribution >= 4 is 28.5 Å². The third kappa shape index (κ3) is 2.92. The van der Waals surface area contributed by atoms with E-state index in [-0.39, 0.29) is 5.91 Å². The molecular formula is C22H22N4OS. The van der Waals surface area contributed by atoms with Gasteiger partial charge in [-0.3, -0.25) is 15.1 Å². The zero-order valence-electron chi connectivity index (χ0n) is 15.8. The van der Waals surface area contributed by atoms with Crippen LogP contribution in [-0.2, 0) is 10.5 Å². The molecule has 1 saturated carbocycles. The number of hydrogen-bond donors (Lipinski definition) is 1. The highest BCUT2D eigenvalue weighted by molar-refractivity contribution is 8.13. The molecule has 1 spiro atoms. The summed E-state index contributed by atoms with van der Waals surface area (Å²) in [6, 6.07) is 16.3. The number of para-hydroxylation sites is 1. The van der Waals surface area contributed by atoms with E-state index in [1.807, 2.05) is 29.3 Å². The molecule has 0 radical (unpaired) electrons. The van der Waals surface area contributed by atoms with Gasteiger partial charge in [-0.05, 0) is 44.2 Å². The van der Waals surface area contributed by atoms with Gasteiger partial charge in [0.15, 0.2) is 10.8 Å². The van der Waals surface area contributed by atoms with Gasteiger partial charge in [-0.2, -0.15) is 0 Å². The van der Waals surface area contributed by atoms with Crippen molar-refractivity contribution in [2.45, 2.75) is 44.0 Å². The van der Waals surface area contributed by atoms with Crippen LogP contribution >= 0.6 is 11.8 Å². The van der Waals surface area contributed by atoms with Crippen molar-refractivity contribution in [2.24, 2.45) is 10.1 Å². The Bertz CT molecular complexity index is 1080. The lowest BCUT2D eigenvalue weighted by Gasteiger charge is -2.41. The summed E-state index contributed by atoms with van der Waals surface area (Å²) in [7, 11) is 0. The number of nitrogens with zero attached hydrogens (tertiary/aromatic N) is 3. The average Bonchev–Trinajstić information content (AvgIpc) is 3.17. The Labute approximate surface area is 168 Å². The highest BCUT2D eigenvalue weighted by Gasteiger charge is 2.46. The van der Waals surface area contributed by atoms with Crippen LogP contribution in [0.25, 0.3) is 5.70 Å². The van der Waals surface area contributed by atoms with E-state index in [2.05, 4.69) is 36.5 Å². The molecule has 0 unspecified atom stereocenters. The maximum absolute atomic E-state index is 13.1. The van der Waals surface area contributed by atoms with Crippen LogP contribution in [-0.4, -0.2) is 21.7 Å². The van der Waals surface area contributed by atoms with Crippen LogP contribution in [0.3, 0.4) is 0 Å². The van der Waals surface area contributed by atoms with Crippen molar-refractivity contribution in [3.63, 3.8) is 0 Å². The lowest BCUT2D eigenvalue weighted by atomic mass is 10.0. The number of carbonyl (C=O) groups excluding carboxylic acids is 1. The van der Waals surface area contributed by atoms with E-state index in [4.69, 9.17) is 10.1 Å². The summed E-state index contributed by atoms with van der Waals surface area (Å²) in [6.07, 6.45) is 4.08. The fraction of sp³-hybridized carbons (Fsp3) is 0.318. The van der Waals surface area contributed by atoms with E-state index < -0.39 is 5.66 Å². The fourth-order valence-electron chi connectivity index (χ4n) is 4.16. The topological polar surface area (TPSA) is 57.1 Å². The number of hydrogen-bond acceptors (Lipinski definition) is 5. The van der Waals surface area contributed by atoms with Crippen LogP contribution in [0.5, 0.6) is 0 Å². The summed E-state index contributed by atoms with van der Waals surface area (Å²) >= 11 is 1.56. The number of carbonyl (C=O) groups is 1. The molecule has 1 aliphatic carbocycles. The van der Waals surface area contributed by atoms with Crippen molar-refractivity contribution in [2.75, 3.05) is 0 Å². The molecule has 5 nitrogen and oxygen atoms in total. The second-order valence-corrected chi connectivity index (χ2v) is 8.58. The third-order valence-electron chi connectivity index (χ3n) is 5.62. The molecule has 2 aliphatic heterocycles. The van der Waals surface area contributed by atoms with E-state index in [1.54, 1.807) is 11.8 Å². The highest BCUT2D eigenvalue weighted by atomic mass is 32.2. The molecular weight excluding hydrogens is 368 g/mol. The smallest absolute Gasteiger partial charge is 0.276 e. The normalized spacial score (nSPS) is 19.6.